The second kappa shape index (κ2) is 14.8. The summed E-state index contributed by atoms with van der Waals surface area (Å²) in [5.74, 6) is -0.420. The van der Waals surface area contributed by atoms with Gasteiger partial charge in [-0.15, -0.1) is 0 Å². The Morgan fingerprint density at radius 3 is 1.96 bits per heavy atom. The standard InChI is InChI=1S/C36H44N4O5/c1-40(2,24-12-11-21-39-34(42)31-17-9-10-18-32(31)35(39)43)26-29(41)25-38-22-19-30(20-23-38)45-36(44)37-33(27-13-5-3-6-14-27)28-15-7-4-8-16-28/h3-10,13-18,29-30,33,41H,11-12,19-26H2,1-2H3/p+1. The number of nitrogens with one attached hydrogen (secondary N) is 1. The van der Waals surface area contributed by atoms with Gasteiger partial charge in [0, 0.05) is 26.2 Å². The van der Waals surface area contributed by atoms with E-state index in [2.05, 4.69) is 24.3 Å². The fourth-order valence-corrected chi connectivity index (χ4v) is 6.43. The lowest BCUT2D eigenvalue weighted by Crippen LogP contribution is -2.50. The number of hydrogen-bond acceptors (Lipinski definition) is 6. The van der Waals surface area contributed by atoms with Crippen molar-refractivity contribution in [1.29, 1.82) is 0 Å². The number of carbonyl (C=O) groups excluding carboxylic acids is 3. The molecule has 1 unspecified atom stereocenters. The molecule has 3 aromatic rings. The van der Waals surface area contributed by atoms with E-state index in [1.165, 1.54) is 4.90 Å². The molecule has 238 valence electrons. The van der Waals surface area contributed by atoms with Gasteiger partial charge >= 0.3 is 6.09 Å². The van der Waals surface area contributed by atoms with Gasteiger partial charge < -0.3 is 24.5 Å². The number of likely N-dealkylation sites (tertiary alicyclic amines) is 1. The molecule has 0 bridgehead atoms. The molecule has 2 heterocycles. The number of unbranched alkanes of at least 4 members (excludes halogenated alkanes) is 1. The van der Waals surface area contributed by atoms with Gasteiger partial charge in [0.05, 0.1) is 37.8 Å². The van der Waals surface area contributed by atoms with Crippen molar-refractivity contribution in [3.63, 3.8) is 0 Å². The number of ether oxygens (including phenoxy) is 1. The number of rotatable bonds is 13. The number of β-amino-alcohol motifs (C(OH)–C–C–N with tert-alkyl or cyclic N) is 1. The number of imide groups is 1. The molecule has 0 aromatic heterocycles. The molecule has 1 fully saturated rings. The van der Waals surface area contributed by atoms with Crippen LogP contribution >= 0.6 is 0 Å². The van der Waals surface area contributed by atoms with Crippen molar-refractivity contribution < 1.29 is 28.7 Å². The molecule has 1 saturated heterocycles. The van der Waals surface area contributed by atoms with Crippen molar-refractivity contribution in [2.24, 2.45) is 0 Å². The lowest BCUT2D eigenvalue weighted by Gasteiger charge is -2.36. The van der Waals surface area contributed by atoms with E-state index in [1.807, 2.05) is 60.7 Å². The highest BCUT2D eigenvalue weighted by molar-refractivity contribution is 6.21. The fourth-order valence-electron chi connectivity index (χ4n) is 6.43. The van der Waals surface area contributed by atoms with Crippen molar-refractivity contribution in [3.8, 4) is 0 Å². The molecule has 0 aliphatic carbocycles. The Kier molecular flexibility index (Phi) is 10.7. The van der Waals surface area contributed by atoms with Gasteiger partial charge in [-0.25, -0.2) is 4.79 Å². The van der Waals surface area contributed by atoms with Gasteiger partial charge in [0.1, 0.15) is 18.8 Å². The van der Waals surface area contributed by atoms with Crippen molar-refractivity contribution in [3.05, 3.63) is 107 Å². The molecule has 2 aliphatic rings. The molecule has 9 heteroatoms. The zero-order valence-electron chi connectivity index (χ0n) is 26.3. The van der Waals surface area contributed by atoms with Crippen molar-refractivity contribution in [2.75, 3.05) is 53.4 Å². The first-order valence-corrected chi connectivity index (χ1v) is 15.9. The van der Waals surface area contributed by atoms with Gasteiger partial charge in [0.25, 0.3) is 11.8 Å². The van der Waals surface area contributed by atoms with Crippen LogP contribution < -0.4 is 5.32 Å². The second-order valence-electron chi connectivity index (χ2n) is 12.8. The third kappa shape index (κ3) is 8.57. The minimum absolute atomic E-state index is 0.167. The summed E-state index contributed by atoms with van der Waals surface area (Å²) in [4.78, 5) is 41.7. The number of fused-ring (bicyclic) bond motifs is 1. The first-order valence-electron chi connectivity index (χ1n) is 15.9. The van der Waals surface area contributed by atoms with Gasteiger partial charge in [-0.1, -0.05) is 72.8 Å². The molecule has 0 radical (unpaired) electrons. The van der Waals surface area contributed by atoms with Crippen LogP contribution in [0.5, 0.6) is 0 Å². The Hall–Kier alpha value is -4.05. The van der Waals surface area contributed by atoms with Crippen LogP contribution in [0, 0.1) is 0 Å². The van der Waals surface area contributed by atoms with E-state index < -0.39 is 12.2 Å². The number of alkyl carbamates (subject to hydrolysis) is 1. The third-order valence-corrected chi connectivity index (χ3v) is 8.78. The minimum atomic E-state index is -0.491. The molecule has 3 amide bonds. The lowest BCUT2D eigenvalue weighted by atomic mass is 9.99. The predicted molar refractivity (Wildman–Crippen MR) is 173 cm³/mol. The number of aliphatic hydroxyl groups is 1. The summed E-state index contributed by atoms with van der Waals surface area (Å²) in [6.07, 6.45) is 1.92. The van der Waals surface area contributed by atoms with Gasteiger partial charge in [-0.05, 0) is 48.9 Å². The highest BCUT2D eigenvalue weighted by Crippen LogP contribution is 2.24. The molecule has 9 nitrogen and oxygen atoms in total. The van der Waals surface area contributed by atoms with E-state index in [-0.39, 0.29) is 24.0 Å². The van der Waals surface area contributed by atoms with Gasteiger partial charge in [-0.2, -0.15) is 0 Å². The molecular formula is C36H45N4O5+. The van der Waals surface area contributed by atoms with Crippen LogP contribution in [-0.2, 0) is 4.74 Å². The number of hydrogen-bond donors (Lipinski definition) is 2. The van der Waals surface area contributed by atoms with Crippen LogP contribution in [0.4, 0.5) is 4.79 Å². The number of carbonyl (C=O) groups is 3. The number of aliphatic hydroxyl groups excluding tert-OH is 1. The summed E-state index contributed by atoms with van der Waals surface area (Å²) >= 11 is 0. The number of piperidine rings is 1. The van der Waals surface area contributed by atoms with Crippen molar-refractivity contribution in [2.45, 2.75) is 43.9 Å². The first-order chi connectivity index (χ1) is 21.7. The monoisotopic (exact) mass is 613 g/mol. The maximum Gasteiger partial charge on any atom is 0.408 e. The highest BCUT2D eigenvalue weighted by atomic mass is 16.6. The number of quaternary nitrogens is 1. The molecule has 1 atom stereocenters. The normalized spacial score (nSPS) is 16.6. The first kappa shape index (κ1) is 32.3. The smallest absolute Gasteiger partial charge is 0.408 e. The molecule has 3 aromatic carbocycles. The summed E-state index contributed by atoms with van der Waals surface area (Å²) in [6.45, 7) is 3.92. The average molecular weight is 614 g/mol. The number of likely N-dealkylation sites (N-methyl/N-ethyl adjacent to an activating group) is 1. The van der Waals surface area contributed by atoms with Crippen LogP contribution in [0.25, 0.3) is 0 Å². The molecule has 5 rings (SSSR count). The Bertz CT molecular complexity index is 1370. The number of amides is 3. The van der Waals surface area contributed by atoms with Crippen LogP contribution in [-0.4, -0.2) is 103 Å². The fraction of sp³-hybridized carbons (Fsp3) is 0.417. The molecule has 0 saturated carbocycles. The Morgan fingerprint density at radius 1 is 0.867 bits per heavy atom. The van der Waals surface area contributed by atoms with Crippen molar-refractivity contribution in [1.82, 2.24) is 15.1 Å². The largest absolute Gasteiger partial charge is 0.446 e. The topological polar surface area (TPSA) is 99.2 Å². The molecule has 0 spiro atoms. The molecule has 2 N–H and O–H groups in total. The lowest BCUT2D eigenvalue weighted by molar-refractivity contribution is -0.893. The highest BCUT2D eigenvalue weighted by Gasteiger charge is 2.35. The minimum Gasteiger partial charge on any atom is -0.446 e. The van der Waals surface area contributed by atoms with E-state index in [1.54, 1.807) is 24.3 Å². The Morgan fingerprint density at radius 2 is 1.40 bits per heavy atom. The summed E-state index contributed by atoms with van der Waals surface area (Å²) in [5.41, 5.74) is 2.96. The van der Waals surface area contributed by atoms with Gasteiger partial charge in [0.15, 0.2) is 0 Å². The molecular weight excluding hydrogens is 568 g/mol. The second-order valence-corrected chi connectivity index (χ2v) is 12.8. The summed E-state index contributed by atoms with van der Waals surface area (Å²) < 4.78 is 6.48. The maximum absolute atomic E-state index is 12.9. The number of benzene rings is 3. The number of nitrogens with zero attached hydrogens (tertiary/aromatic N) is 3. The third-order valence-electron chi connectivity index (χ3n) is 8.78. The molecule has 2 aliphatic heterocycles. The van der Waals surface area contributed by atoms with E-state index in [0.29, 0.717) is 35.2 Å². The van der Waals surface area contributed by atoms with E-state index >= 15 is 0 Å². The quantitative estimate of drug-likeness (QED) is 0.168. The van der Waals surface area contributed by atoms with E-state index in [0.717, 1.165) is 56.4 Å². The summed E-state index contributed by atoms with van der Waals surface area (Å²) in [6, 6.07) is 26.4. The van der Waals surface area contributed by atoms with Gasteiger partial charge in [0.2, 0.25) is 0 Å². The van der Waals surface area contributed by atoms with E-state index in [9.17, 15) is 19.5 Å². The zero-order valence-corrected chi connectivity index (χ0v) is 26.3. The summed E-state index contributed by atoms with van der Waals surface area (Å²) in [5, 5.41) is 14.0. The SMILES string of the molecule is C[N+](C)(CCCCN1C(=O)c2ccccc2C1=O)CC(O)CN1CCC(OC(=O)NC(c2ccccc2)c2ccccc2)CC1. The van der Waals surface area contributed by atoms with E-state index in [4.69, 9.17) is 4.74 Å². The van der Waals surface area contributed by atoms with Crippen LogP contribution in [0.2, 0.25) is 0 Å². The predicted octanol–water partition coefficient (Wildman–Crippen LogP) is 4.48. The van der Waals surface area contributed by atoms with Crippen LogP contribution in [0.1, 0.15) is 63.6 Å². The van der Waals surface area contributed by atoms with Gasteiger partial charge in [-0.3, -0.25) is 14.5 Å². The zero-order chi connectivity index (χ0) is 31.8. The Balaban J connectivity index is 1.00. The van der Waals surface area contributed by atoms with Crippen molar-refractivity contribution >= 4 is 17.9 Å². The van der Waals surface area contributed by atoms with Crippen LogP contribution in [0.3, 0.4) is 0 Å². The summed E-state index contributed by atoms with van der Waals surface area (Å²) in [7, 11) is 4.20. The maximum atomic E-state index is 12.9. The average Bonchev–Trinajstić information content (AvgIpc) is 3.28. The Labute approximate surface area is 266 Å². The van der Waals surface area contributed by atoms with Crippen LogP contribution in [0.15, 0.2) is 84.9 Å². The molecule has 45 heavy (non-hydrogen) atoms.